The van der Waals surface area contributed by atoms with E-state index in [2.05, 4.69) is 21.3 Å². The van der Waals surface area contributed by atoms with Crippen molar-refractivity contribution in [2.24, 2.45) is 0 Å². The van der Waals surface area contributed by atoms with Crippen molar-refractivity contribution in [3.8, 4) is 0 Å². The van der Waals surface area contributed by atoms with Crippen LogP contribution < -0.4 is 4.90 Å². The van der Waals surface area contributed by atoms with Gasteiger partial charge in [-0.05, 0) is 49.9 Å². The molecule has 1 atom stereocenters. The van der Waals surface area contributed by atoms with Crippen molar-refractivity contribution >= 4 is 29.1 Å². The van der Waals surface area contributed by atoms with Crippen LogP contribution >= 0.6 is 11.8 Å². The lowest BCUT2D eigenvalue weighted by Gasteiger charge is -2.21. The Kier molecular flexibility index (Phi) is 6.60. The first-order chi connectivity index (χ1) is 15.0. The quantitative estimate of drug-likeness (QED) is 0.353. The number of aromatic nitrogens is 3. The highest BCUT2D eigenvalue weighted by molar-refractivity contribution is 8.00. The fraction of sp³-hybridized carbons (Fsp3) is 0.500. The van der Waals surface area contributed by atoms with Crippen molar-refractivity contribution < 1.29 is 9.59 Å². The Morgan fingerprint density at radius 2 is 2.03 bits per heavy atom. The number of nitrogens with zero attached hydrogens (tertiary/aromatic N) is 4. The van der Waals surface area contributed by atoms with Crippen molar-refractivity contribution in [2.45, 2.75) is 75.2 Å². The van der Waals surface area contributed by atoms with Crippen molar-refractivity contribution in [3.63, 3.8) is 0 Å². The highest BCUT2D eigenvalue weighted by Gasteiger charge is 2.27. The van der Waals surface area contributed by atoms with Gasteiger partial charge >= 0.3 is 0 Å². The van der Waals surface area contributed by atoms with Crippen molar-refractivity contribution in [1.82, 2.24) is 14.8 Å². The van der Waals surface area contributed by atoms with Gasteiger partial charge in [0.1, 0.15) is 5.82 Å². The molecular weight excluding hydrogens is 408 g/mol. The lowest BCUT2D eigenvalue weighted by molar-refractivity contribution is -0.116. The van der Waals surface area contributed by atoms with E-state index < -0.39 is 0 Å². The van der Waals surface area contributed by atoms with Crippen LogP contribution in [0.2, 0.25) is 0 Å². The third-order valence-corrected chi connectivity index (χ3v) is 7.40. The summed E-state index contributed by atoms with van der Waals surface area (Å²) in [5.41, 5.74) is 2.67. The van der Waals surface area contributed by atoms with Gasteiger partial charge in [-0.3, -0.25) is 9.59 Å². The highest BCUT2D eigenvalue weighted by Crippen LogP contribution is 2.35. The normalized spacial score (nSPS) is 17.4. The third-order valence-electron chi connectivity index (χ3n) is 6.32. The van der Waals surface area contributed by atoms with Gasteiger partial charge in [-0.15, -0.1) is 16.8 Å². The molecule has 2 aromatic rings. The molecule has 0 radical (unpaired) electrons. The second kappa shape index (κ2) is 9.39. The summed E-state index contributed by atoms with van der Waals surface area (Å²) in [4.78, 5) is 26.7. The largest absolute Gasteiger partial charge is 0.312 e. The first kappa shape index (κ1) is 21.8. The van der Waals surface area contributed by atoms with Gasteiger partial charge in [0, 0.05) is 37.2 Å². The van der Waals surface area contributed by atoms with Crippen LogP contribution in [0.25, 0.3) is 0 Å². The molecule has 2 heterocycles. The molecule has 1 aliphatic carbocycles. The predicted octanol–water partition coefficient (Wildman–Crippen LogP) is 4.78. The molecular formula is C24H30N4O2S. The number of hydrogen-bond acceptors (Lipinski definition) is 5. The summed E-state index contributed by atoms with van der Waals surface area (Å²) in [6.45, 7) is 8.74. The van der Waals surface area contributed by atoms with Gasteiger partial charge in [0.2, 0.25) is 5.91 Å². The summed E-state index contributed by atoms with van der Waals surface area (Å²) < 4.78 is 2.13. The number of anilines is 1. The van der Waals surface area contributed by atoms with E-state index in [4.69, 9.17) is 0 Å². The number of Topliss-reactive ketones (excluding diaryl/α,β-unsaturated/α-hetero) is 1. The molecule has 6 nitrogen and oxygen atoms in total. The minimum atomic E-state index is -0.282. The van der Waals surface area contributed by atoms with Crippen LogP contribution in [0.4, 0.5) is 5.69 Å². The molecule has 4 rings (SSSR count). The van der Waals surface area contributed by atoms with E-state index in [1.807, 2.05) is 31.2 Å². The van der Waals surface area contributed by atoms with Gasteiger partial charge in [0.25, 0.3) is 0 Å². The molecule has 2 aliphatic rings. The van der Waals surface area contributed by atoms with E-state index in [0.29, 0.717) is 24.6 Å². The zero-order chi connectivity index (χ0) is 22.0. The number of carbonyl (C=O) groups is 2. The maximum Gasteiger partial charge on any atom is 0.223 e. The minimum Gasteiger partial charge on any atom is -0.312 e. The van der Waals surface area contributed by atoms with Crippen LogP contribution in [0.5, 0.6) is 0 Å². The number of thioether (sulfide) groups is 1. The van der Waals surface area contributed by atoms with Crippen LogP contribution in [0.3, 0.4) is 0 Å². The summed E-state index contributed by atoms with van der Waals surface area (Å²) in [6, 6.07) is 5.68. The Morgan fingerprint density at radius 1 is 1.26 bits per heavy atom. The molecule has 0 unspecified atom stereocenters. The minimum absolute atomic E-state index is 0.0390. The maximum absolute atomic E-state index is 13.2. The number of ketones is 1. The van der Waals surface area contributed by atoms with Crippen LogP contribution in [-0.2, 0) is 17.8 Å². The zero-order valence-electron chi connectivity index (χ0n) is 18.3. The van der Waals surface area contributed by atoms with Crippen LogP contribution in [0.1, 0.15) is 73.6 Å². The molecule has 1 amide bonds. The third kappa shape index (κ3) is 4.47. The Balaban J connectivity index is 1.51. The van der Waals surface area contributed by atoms with Crippen LogP contribution in [-0.4, -0.2) is 38.2 Å². The van der Waals surface area contributed by atoms with E-state index in [1.165, 1.54) is 31.0 Å². The molecule has 31 heavy (non-hydrogen) atoms. The molecule has 0 spiro atoms. The number of fused-ring (bicyclic) bond motifs is 1. The van der Waals surface area contributed by atoms with Crippen molar-refractivity contribution in [1.29, 1.82) is 0 Å². The second-order valence-corrected chi connectivity index (χ2v) is 9.77. The van der Waals surface area contributed by atoms with E-state index in [9.17, 15) is 9.59 Å². The molecule has 0 N–H and O–H groups in total. The summed E-state index contributed by atoms with van der Waals surface area (Å²) in [7, 11) is 0. The molecule has 164 valence electrons. The van der Waals surface area contributed by atoms with Gasteiger partial charge in [-0.25, -0.2) is 0 Å². The van der Waals surface area contributed by atoms with E-state index >= 15 is 0 Å². The first-order valence-corrected chi connectivity index (χ1v) is 12.0. The number of hydrogen-bond donors (Lipinski definition) is 0. The Labute approximate surface area is 188 Å². The van der Waals surface area contributed by atoms with E-state index in [1.54, 1.807) is 11.8 Å². The molecule has 1 aromatic heterocycles. The van der Waals surface area contributed by atoms with Crippen LogP contribution in [0.15, 0.2) is 36.0 Å². The molecule has 1 saturated carbocycles. The molecule has 1 aliphatic heterocycles. The lowest BCUT2D eigenvalue weighted by atomic mass is 9.89. The number of rotatable bonds is 7. The Hall–Kier alpha value is -2.41. The van der Waals surface area contributed by atoms with Crippen molar-refractivity contribution in [2.75, 3.05) is 11.4 Å². The summed E-state index contributed by atoms with van der Waals surface area (Å²) >= 11 is 1.46. The Morgan fingerprint density at radius 3 is 2.74 bits per heavy atom. The van der Waals surface area contributed by atoms with Gasteiger partial charge in [0.05, 0.1) is 5.25 Å². The molecule has 7 heteroatoms. The standard InChI is InChI=1S/C24H30N4O2S/c1-4-13-28-23(18-8-6-5-7-9-18)25-26-24(28)31-16(2)22(30)20-10-11-21-19(15-20)12-14-27(21)17(3)29/h4,10-11,15-16,18H,1,5-9,12-14H2,2-3H3/t16-/m1/s1. The molecule has 1 fully saturated rings. The van der Waals surface area contributed by atoms with Gasteiger partial charge in [-0.1, -0.05) is 37.1 Å². The highest BCUT2D eigenvalue weighted by atomic mass is 32.2. The van der Waals surface area contributed by atoms with Gasteiger partial charge in [0.15, 0.2) is 10.9 Å². The van der Waals surface area contributed by atoms with E-state index in [0.717, 1.165) is 41.5 Å². The zero-order valence-corrected chi connectivity index (χ0v) is 19.2. The van der Waals surface area contributed by atoms with Crippen molar-refractivity contribution in [3.05, 3.63) is 47.8 Å². The number of benzene rings is 1. The topological polar surface area (TPSA) is 68.1 Å². The number of carbonyl (C=O) groups excluding carboxylic acids is 2. The summed E-state index contributed by atoms with van der Waals surface area (Å²) in [6.07, 6.45) is 8.74. The average Bonchev–Trinajstić information content (AvgIpc) is 3.38. The fourth-order valence-corrected chi connectivity index (χ4v) is 5.62. The number of allylic oxidation sites excluding steroid dienone is 1. The maximum atomic E-state index is 13.2. The first-order valence-electron chi connectivity index (χ1n) is 11.2. The lowest BCUT2D eigenvalue weighted by Crippen LogP contribution is -2.25. The summed E-state index contributed by atoms with van der Waals surface area (Å²) in [5.74, 6) is 1.59. The molecule has 1 aromatic carbocycles. The predicted molar refractivity (Wildman–Crippen MR) is 124 cm³/mol. The van der Waals surface area contributed by atoms with Gasteiger partial charge in [-0.2, -0.15) is 0 Å². The smallest absolute Gasteiger partial charge is 0.223 e. The number of amides is 1. The molecule has 0 bridgehead atoms. The SMILES string of the molecule is C=CCn1c(S[C@H](C)C(=O)c2ccc3c(c2)CCN3C(C)=O)nnc1C1CCCCC1. The fourth-order valence-electron chi connectivity index (χ4n) is 4.68. The summed E-state index contributed by atoms with van der Waals surface area (Å²) in [5, 5.41) is 9.46. The average molecular weight is 439 g/mol. The molecule has 0 saturated heterocycles. The Bertz CT molecular complexity index is 993. The van der Waals surface area contributed by atoms with Gasteiger partial charge < -0.3 is 9.47 Å². The second-order valence-electron chi connectivity index (χ2n) is 8.46. The monoisotopic (exact) mass is 438 g/mol. The van der Waals surface area contributed by atoms with Crippen LogP contribution in [0, 0.1) is 0 Å². The van der Waals surface area contributed by atoms with E-state index in [-0.39, 0.29) is 16.9 Å².